The Morgan fingerprint density at radius 2 is 2.11 bits per heavy atom. The number of carbonyl (C=O) groups is 1. The maximum Gasteiger partial charge on any atom is 0.343 e. The van der Waals surface area contributed by atoms with Gasteiger partial charge in [-0.2, -0.15) is 13.5 Å². The zero-order chi connectivity index (χ0) is 14.6. The van der Waals surface area contributed by atoms with Crippen LogP contribution in [0.15, 0.2) is 0 Å². The summed E-state index contributed by atoms with van der Waals surface area (Å²) in [5, 5.41) is 4.05. The minimum absolute atomic E-state index is 0.105. The number of nitrogens with zero attached hydrogens (tertiary/aromatic N) is 2. The van der Waals surface area contributed by atoms with Crippen molar-refractivity contribution in [3.05, 3.63) is 11.3 Å². The molecule has 0 aliphatic heterocycles. The molecule has 0 aliphatic rings. The standard InChI is InChI=1S/C10H17N3O5S/c1-4-17-10(14)8-7(2)12-13(9(8)11)5-6-18-19(3,15)16/h4-6,11H2,1-3H3. The van der Waals surface area contributed by atoms with E-state index in [1.165, 1.54) is 4.68 Å². The lowest BCUT2D eigenvalue weighted by atomic mass is 10.2. The van der Waals surface area contributed by atoms with Gasteiger partial charge in [0.05, 0.1) is 31.7 Å². The number of hydrogen-bond donors (Lipinski definition) is 1. The number of carbonyl (C=O) groups excluding carboxylic acids is 1. The van der Waals surface area contributed by atoms with Crippen molar-refractivity contribution in [2.45, 2.75) is 20.4 Å². The minimum Gasteiger partial charge on any atom is -0.462 e. The molecule has 0 aromatic carbocycles. The van der Waals surface area contributed by atoms with Crippen molar-refractivity contribution in [1.82, 2.24) is 9.78 Å². The van der Waals surface area contributed by atoms with Crippen molar-refractivity contribution in [1.29, 1.82) is 0 Å². The molecule has 0 saturated heterocycles. The summed E-state index contributed by atoms with van der Waals surface area (Å²) >= 11 is 0. The predicted octanol–water partition coefficient (Wildman–Crippen LogP) is -0.0734. The summed E-state index contributed by atoms with van der Waals surface area (Å²) in [5.41, 5.74) is 6.40. The van der Waals surface area contributed by atoms with Gasteiger partial charge in [-0.3, -0.25) is 4.18 Å². The monoisotopic (exact) mass is 291 g/mol. The first-order valence-corrected chi connectivity index (χ1v) is 7.42. The van der Waals surface area contributed by atoms with Gasteiger partial charge in [0, 0.05) is 0 Å². The van der Waals surface area contributed by atoms with Crippen LogP contribution in [0.4, 0.5) is 5.82 Å². The summed E-state index contributed by atoms with van der Waals surface area (Å²) in [5.74, 6) is -0.416. The van der Waals surface area contributed by atoms with Crippen LogP contribution < -0.4 is 5.73 Å². The molecule has 0 bridgehead atoms. The molecule has 108 valence electrons. The van der Waals surface area contributed by atoms with Gasteiger partial charge in [-0.15, -0.1) is 0 Å². The smallest absolute Gasteiger partial charge is 0.343 e. The third-order valence-electron chi connectivity index (χ3n) is 2.25. The van der Waals surface area contributed by atoms with Crippen LogP contribution in [0.2, 0.25) is 0 Å². The Morgan fingerprint density at radius 3 is 2.63 bits per heavy atom. The first-order valence-electron chi connectivity index (χ1n) is 5.60. The van der Waals surface area contributed by atoms with Crippen LogP contribution in [-0.2, 0) is 25.6 Å². The first-order chi connectivity index (χ1) is 8.76. The Labute approximate surface area is 111 Å². The molecule has 0 fully saturated rings. The lowest BCUT2D eigenvalue weighted by Crippen LogP contribution is -2.14. The maximum atomic E-state index is 11.7. The Hall–Kier alpha value is -1.61. The van der Waals surface area contributed by atoms with E-state index in [9.17, 15) is 13.2 Å². The van der Waals surface area contributed by atoms with Crippen molar-refractivity contribution < 1.29 is 22.1 Å². The normalized spacial score (nSPS) is 11.5. The number of nitrogen functional groups attached to an aromatic ring is 1. The summed E-state index contributed by atoms with van der Waals surface area (Å²) < 4.78 is 32.4. The van der Waals surface area contributed by atoms with Crippen molar-refractivity contribution in [3.63, 3.8) is 0 Å². The zero-order valence-electron chi connectivity index (χ0n) is 11.0. The molecular formula is C10H17N3O5S. The van der Waals surface area contributed by atoms with Gasteiger partial charge >= 0.3 is 5.97 Å². The molecule has 1 rings (SSSR count). The summed E-state index contributed by atoms with van der Waals surface area (Å²) in [4.78, 5) is 11.7. The summed E-state index contributed by atoms with van der Waals surface area (Å²) in [6.45, 7) is 3.57. The van der Waals surface area contributed by atoms with E-state index < -0.39 is 16.1 Å². The molecule has 0 saturated carbocycles. The van der Waals surface area contributed by atoms with E-state index in [1.807, 2.05) is 0 Å². The molecule has 0 atom stereocenters. The Morgan fingerprint density at radius 1 is 1.47 bits per heavy atom. The van der Waals surface area contributed by atoms with E-state index >= 15 is 0 Å². The Balaban J connectivity index is 2.82. The molecule has 2 N–H and O–H groups in total. The second-order valence-corrected chi connectivity index (χ2v) is 5.46. The molecule has 8 nitrogen and oxygen atoms in total. The number of ether oxygens (including phenoxy) is 1. The number of hydrogen-bond acceptors (Lipinski definition) is 7. The molecule has 19 heavy (non-hydrogen) atoms. The third kappa shape index (κ3) is 4.21. The van der Waals surface area contributed by atoms with Crippen molar-refractivity contribution in [3.8, 4) is 0 Å². The molecule has 1 aromatic rings. The number of esters is 1. The molecule has 9 heteroatoms. The van der Waals surface area contributed by atoms with Gasteiger partial charge in [0.25, 0.3) is 10.1 Å². The second-order valence-electron chi connectivity index (χ2n) is 3.82. The quantitative estimate of drug-likeness (QED) is 0.576. The number of aryl methyl sites for hydroxylation is 1. The average molecular weight is 291 g/mol. The summed E-state index contributed by atoms with van der Waals surface area (Å²) in [7, 11) is -3.51. The first kappa shape index (κ1) is 15.4. The lowest BCUT2D eigenvalue weighted by Gasteiger charge is -2.05. The van der Waals surface area contributed by atoms with Crippen molar-refractivity contribution in [2.24, 2.45) is 0 Å². The van der Waals surface area contributed by atoms with E-state index in [-0.39, 0.29) is 31.1 Å². The van der Waals surface area contributed by atoms with E-state index in [0.717, 1.165) is 6.26 Å². The SMILES string of the molecule is CCOC(=O)c1c(C)nn(CCOS(C)(=O)=O)c1N. The van der Waals surface area contributed by atoms with E-state index in [1.54, 1.807) is 13.8 Å². The Bertz CT molecular complexity index is 564. The van der Waals surface area contributed by atoms with E-state index in [0.29, 0.717) is 5.69 Å². The third-order valence-corrected chi connectivity index (χ3v) is 2.84. The van der Waals surface area contributed by atoms with Crippen LogP contribution >= 0.6 is 0 Å². The maximum absolute atomic E-state index is 11.7. The highest BCUT2D eigenvalue weighted by Gasteiger charge is 2.20. The van der Waals surface area contributed by atoms with Crippen LogP contribution in [0.3, 0.4) is 0 Å². The van der Waals surface area contributed by atoms with Crippen LogP contribution in [0.1, 0.15) is 23.0 Å². The number of nitrogens with two attached hydrogens (primary N) is 1. The average Bonchev–Trinajstić information content (AvgIpc) is 2.53. The molecule has 0 aliphatic carbocycles. The Kier molecular flexibility index (Phi) is 4.90. The van der Waals surface area contributed by atoms with Gasteiger partial charge < -0.3 is 10.5 Å². The van der Waals surface area contributed by atoms with Crippen LogP contribution in [0.25, 0.3) is 0 Å². The fourth-order valence-corrected chi connectivity index (χ4v) is 1.88. The van der Waals surface area contributed by atoms with Gasteiger partial charge in [-0.1, -0.05) is 0 Å². The van der Waals surface area contributed by atoms with E-state index in [4.69, 9.17) is 10.5 Å². The van der Waals surface area contributed by atoms with Crippen molar-refractivity contribution in [2.75, 3.05) is 25.2 Å². The zero-order valence-corrected chi connectivity index (χ0v) is 11.9. The van der Waals surface area contributed by atoms with Crippen LogP contribution in [0.5, 0.6) is 0 Å². The highest BCUT2D eigenvalue weighted by atomic mass is 32.2. The van der Waals surface area contributed by atoms with Crippen LogP contribution in [-0.4, -0.2) is 43.6 Å². The topological polar surface area (TPSA) is 114 Å². The molecular weight excluding hydrogens is 274 g/mol. The second kappa shape index (κ2) is 6.02. The van der Waals surface area contributed by atoms with Gasteiger partial charge in [-0.05, 0) is 13.8 Å². The molecule has 0 amide bonds. The largest absolute Gasteiger partial charge is 0.462 e. The molecule has 1 aromatic heterocycles. The van der Waals surface area contributed by atoms with E-state index in [2.05, 4.69) is 9.28 Å². The van der Waals surface area contributed by atoms with Gasteiger partial charge in [0.1, 0.15) is 11.4 Å². The highest BCUT2D eigenvalue weighted by Crippen LogP contribution is 2.17. The lowest BCUT2D eigenvalue weighted by molar-refractivity contribution is 0.0526. The fourth-order valence-electron chi connectivity index (χ4n) is 1.50. The summed E-state index contributed by atoms with van der Waals surface area (Å²) in [6.07, 6.45) is 0.953. The molecule has 0 unspecified atom stereocenters. The van der Waals surface area contributed by atoms with Gasteiger partial charge in [0.15, 0.2) is 0 Å². The van der Waals surface area contributed by atoms with Crippen molar-refractivity contribution >= 4 is 21.9 Å². The number of aromatic nitrogens is 2. The predicted molar refractivity (Wildman–Crippen MR) is 68.1 cm³/mol. The minimum atomic E-state index is -3.51. The summed E-state index contributed by atoms with van der Waals surface area (Å²) in [6, 6.07) is 0. The number of rotatable bonds is 6. The molecule has 0 radical (unpaired) electrons. The fraction of sp³-hybridized carbons (Fsp3) is 0.600. The van der Waals surface area contributed by atoms with Gasteiger partial charge in [0.2, 0.25) is 0 Å². The van der Waals surface area contributed by atoms with Gasteiger partial charge in [-0.25, -0.2) is 9.48 Å². The number of anilines is 1. The van der Waals surface area contributed by atoms with Crippen LogP contribution in [0, 0.1) is 6.92 Å². The molecule has 1 heterocycles. The molecule has 0 spiro atoms. The highest BCUT2D eigenvalue weighted by molar-refractivity contribution is 7.85.